The monoisotopic (exact) mass is 199 g/mol. The molecule has 1 aromatic heterocycles. The van der Waals surface area contributed by atoms with E-state index < -0.39 is 5.97 Å². The summed E-state index contributed by atoms with van der Waals surface area (Å²) in [6, 6.07) is 1.95. The van der Waals surface area contributed by atoms with Gasteiger partial charge in [0.05, 0.1) is 11.6 Å². The molecule has 1 rings (SSSR count). The summed E-state index contributed by atoms with van der Waals surface area (Å²) < 4.78 is 4.13. The van der Waals surface area contributed by atoms with Crippen molar-refractivity contribution in [2.45, 2.75) is 26.7 Å². The summed E-state index contributed by atoms with van der Waals surface area (Å²) in [6.07, 6.45) is 0. The van der Waals surface area contributed by atoms with Gasteiger partial charge in [-0.05, 0) is 24.5 Å². The van der Waals surface area contributed by atoms with Crippen LogP contribution in [-0.4, -0.2) is 15.4 Å². The van der Waals surface area contributed by atoms with Gasteiger partial charge in [-0.15, -0.1) is 0 Å². The number of hydrogen-bond acceptors (Lipinski definition) is 3. The Labute approximate surface area is 81.6 Å². The van der Waals surface area contributed by atoms with E-state index in [4.69, 9.17) is 5.11 Å². The number of aliphatic carboxylic acids is 1. The number of carbonyl (C=O) groups is 1. The molecule has 0 aliphatic heterocycles. The molecule has 0 fully saturated rings. The molecule has 0 aliphatic rings. The lowest BCUT2D eigenvalue weighted by atomic mass is 9.94. The summed E-state index contributed by atoms with van der Waals surface area (Å²) in [7, 11) is 0. The van der Waals surface area contributed by atoms with Crippen molar-refractivity contribution >= 4 is 17.5 Å². The van der Waals surface area contributed by atoms with Gasteiger partial charge in [-0.2, -0.15) is 4.37 Å². The molecule has 72 valence electrons. The van der Waals surface area contributed by atoms with Crippen molar-refractivity contribution in [3.63, 3.8) is 0 Å². The Morgan fingerprint density at radius 1 is 1.62 bits per heavy atom. The number of nitrogens with zero attached hydrogens (tertiary/aromatic N) is 1. The van der Waals surface area contributed by atoms with Crippen LogP contribution in [0, 0.1) is 12.8 Å². The molecule has 0 spiro atoms. The highest BCUT2D eigenvalue weighted by atomic mass is 32.1. The molecule has 2 atom stereocenters. The van der Waals surface area contributed by atoms with E-state index in [0.717, 1.165) is 10.6 Å². The van der Waals surface area contributed by atoms with Crippen LogP contribution in [0.15, 0.2) is 6.07 Å². The van der Waals surface area contributed by atoms with Crippen LogP contribution in [0.5, 0.6) is 0 Å². The fourth-order valence-corrected chi connectivity index (χ4v) is 1.95. The first-order chi connectivity index (χ1) is 6.02. The molecular weight excluding hydrogens is 186 g/mol. The second-order valence-electron chi connectivity index (χ2n) is 3.29. The average Bonchev–Trinajstić information content (AvgIpc) is 2.49. The lowest BCUT2D eigenvalue weighted by Crippen LogP contribution is -2.15. The zero-order chi connectivity index (χ0) is 10.0. The van der Waals surface area contributed by atoms with Gasteiger partial charge in [0.1, 0.15) is 0 Å². The van der Waals surface area contributed by atoms with Crippen molar-refractivity contribution < 1.29 is 9.90 Å². The summed E-state index contributed by atoms with van der Waals surface area (Å²) in [5, 5.41) is 8.80. The van der Waals surface area contributed by atoms with Crippen LogP contribution in [0.3, 0.4) is 0 Å². The van der Waals surface area contributed by atoms with Gasteiger partial charge in [-0.25, -0.2) is 0 Å². The lowest BCUT2D eigenvalue weighted by Gasteiger charge is -2.12. The van der Waals surface area contributed by atoms with E-state index in [1.165, 1.54) is 11.5 Å². The SMILES string of the molecule is Cc1cc(C(C)C(C)C(=O)O)sn1. The predicted molar refractivity (Wildman–Crippen MR) is 52.1 cm³/mol. The van der Waals surface area contributed by atoms with Crippen molar-refractivity contribution in [2.24, 2.45) is 5.92 Å². The Bertz CT molecular complexity index is 308. The third-order valence-corrected chi connectivity index (χ3v) is 3.31. The Morgan fingerprint density at radius 2 is 2.23 bits per heavy atom. The van der Waals surface area contributed by atoms with Crippen LogP contribution in [-0.2, 0) is 4.79 Å². The first-order valence-corrected chi connectivity index (χ1v) is 4.95. The fourth-order valence-electron chi connectivity index (χ4n) is 1.06. The maximum absolute atomic E-state index is 10.7. The van der Waals surface area contributed by atoms with E-state index in [0.29, 0.717) is 0 Å². The first kappa shape index (κ1) is 10.2. The molecule has 1 N–H and O–H groups in total. The molecule has 0 amide bonds. The highest BCUT2D eigenvalue weighted by molar-refractivity contribution is 7.05. The highest BCUT2D eigenvalue weighted by Crippen LogP contribution is 2.27. The minimum Gasteiger partial charge on any atom is -0.481 e. The quantitative estimate of drug-likeness (QED) is 0.812. The average molecular weight is 199 g/mol. The van der Waals surface area contributed by atoms with Crippen molar-refractivity contribution in [3.05, 3.63) is 16.6 Å². The number of aryl methyl sites for hydroxylation is 1. The lowest BCUT2D eigenvalue weighted by molar-refractivity contribution is -0.141. The van der Waals surface area contributed by atoms with E-state index in [1.54, 1.807) is 6.92 Å². The van der Waals surface area contributed by atoms with Gasteiger partial charge in [0, 0.05) is 10.8 Å². The smallest absolute Gasteiger partial charge is 0.306 e. The van der Waals surface area contributed by atoms with Crippen LogP contribution in [0.25, 0.3) is 0 Å². The Hall–Kier alpha value is -0.900. The minimum atomic E-state index is -0.751. The molecule has 0 saturated carbocycles. The molecule has 1 aromatic rings. The first-order valence-electron chi connectivity index (χ1n) is 4.18. The van der Waals surface area contributed by atoms with Gasteiger partial charge >= 0.3 is 5.97 Å². The zero-order valence-corrected chi connectivity index (χ0v) is 8.76. The molecule has 2 unspecified atom stereocenters. The van der Waals surface area contributed by atoms with Crippen LogP contribution in [0.4, 0.5) is 0 Å². The second-order valence-corrected chi connectivity index (χ2v) is 4.12. The third-order valence-electron chi connectivity index (χ3n) is 2.23. The Morgan fingerprint density at radius 3 is 2.62 bits per heavy atom. The van der Waals surface area contributed by atoms with Gasteiger partial charge in [0.25, 0.3) is 0 Å². The Kier molecular flexibility index (Phi) is 3.03. The predicted octanol–water partition coefficient (Wildman–Crippen LogP) is 2.28. The van der Waals surface area contributed by atoms with E-state index in [2.05, 4.69) is 4.37 Å². The largest absolute Gasteiger partial charge is 0.481 e. The van der Waals surface area contributed by atoms with Crippen LogP contribution in [0.2, 0.25) is 0 Å². The molecule has 0 bridgehead atoms. The van der Waals surface area contributed by atoms with Crippen molar-refractivity contribution in [2.75, 3.05) is 0 Å². The number of carboxylic acids is 1. The summed E-state index contributed by atoms with van der Waals surface area (Å²) in [5.74, 6) is -1.05. The van der Waals surface area contributed by atoms with Crippen molar-refractivity contribution in [1.29, 1.82) is 0 Å². The summed E-state index contributed by atoms with van der Waals surface area (Å²) >= 11 is 1.39. The molecule has 0 saturated heterocycles. The van der Waals surface area contributed by atoms with Crippen LogP contribution < -0.4 is 0 Å². The van der Waals surface area contributed by atoms with Gasteiger partial charge in [0.15, 0.2) is 0 Å². The van der Waals surface area contributed by atoms with E-state index >= 15 is 0 Å². The molecule has 1 heterocycles. The molecule has 0 aliphatic carbocycles. The third kappa shape index (κ3) is 2.28. The number of carboxylic acid groups (broad SMARTS) is 1. The highest BCUT2D eigenvalue weighted by Gasteiger charge is 2.22. The molecule has 4 heteroatoms. The Balaban J connectivity index is 2.78. The maximum atomic E-state index is 10.7. The second kappa shape index (κ2) is 3.87. The topological polar surface area (TPSA) is 50.2 Å². The van der Waals surface area contributed by atoms with E-state index in [-0.39, 0.29) is 11.8 Å². The van der Waals surface area contributed by atoms with E-state index in [1.807, 2.05) is 19.9 Å². The summed E-state index contributed by atoms with van der Waals surface area (Å²) in [6.45, 7) is 5.56. The minimum absolute atomic E-state index is 0.0451. The van der Waals surface area contributed by atoms with Gasteiger partial charge < -0.3 is 5.11 Å². The standard InChI is InChI=1S/C9H13NO2S/c1-5-4-8(13-10-5)6(2)7(3)9(11)12/h4,6-7H,1-3H3,(H,11,12). The summed E-state index contributed by atoms with van der Waals surface area (Å²) in [4.78, 5) is 11.8. The van der Waals surface area contributed by atoms with Gasteiger partial charge in [0.2, 0.25) is 0 Å². The number of aromatic nitrogens is 1. The van der Waals surface area contributed by atoms with Crippen LogP contribution in [0.1, 0.15) is 30.3 Å². The van der Waals surface area contributed by atoms with Gasteiger partial charge in [-0.1, -0.05) is 13.8 Å². The molecule has 13 heavy (non-hydrogen) atoms. The van der Waals surface area contributed by atoms with Crippen LogP contribution >= 0.6 is 11.5 Å². The van der Waals surface area contributed by atoms with Gasteiger partial charge in [-0.3, -0.25) is 4.79 Å². The maximum Gasteiger partial charge on any atom is 0.306 e. The van der Waals surface area contributed by atoms with Crippen molar-refractivity contribution in [3.8, 4) is 0 Å². The molecule has 0 radical (unpaired) electrons. The molecular formula is C9H13NO2S. The fraction of sp³-hybridized carbons (Fsp3) is 0.556. The van der Waals surface area contributed by atoms with E-state index in [9.17, 15) is 4.79 Å². The zero-order valence-electron chi connectivity index (χ0n) is 7.94. The molecule has 3 nitrogen and oxygen atoms in total. The number of hydrogen-bond donors (Lipinski definition) is 1. The number of rotatable bonds is 3. The molecule has 0 aromatic carbocycles. The summed E-state index contributed by atoms with van der Waals surface area (Å²) in [5.41, 5.74) is 0.962. The van der Waals surface area contributed by atoms with Crippen molar-refractivity contribution in [1.82, 2.24) is 4.37 Å². The normalized spacial score (nSPS) is 15.3.